The third kappa shape index (κ3) is 2.57. The normalized spacial score (nSPS) is 23.8. The van der Waals surface area contributed by atoms with Crippen LogP contribution >= 0.6 is 0 Å². The van der Waals surface area contributed by atoms with Crippen molar-refractivity contribution in [1.29, 1.82) is 0 Å². The lowest BCUT2D eigenvalue weighted by atomic mass is 9.70. The Morgan fingerprint density at radius 3 is 2.46 bits per heavy atom. The second kappa shape index (κ2) is 4.80. The largest absolute Gasteiger partial charge is 0.310 e. The summed E-state index contributed by atoms with van der Waals surface area (Å²) in [5, 5.41) is 3.52. The first-order valence-electron chi connectivity index (χ1n) is 5.59. The average molecular weight is 181 g/mol. The Morgan fingerprint density at radius 2 is 2.00 bits per heavy atom. The molecule has 0 bridgehead atoms. The summed E-state index contributed by atoms with van der Waals surface area (Å²) in [6.07, 6.45) is 9.02. The second-order valence-electron chi connectivity index (χ2n) is 4.49. The summed E-state index contributed by atoms with van der Waals surface area (Å²) in [7, 11) is 0. The monoisotopic (exact) mass is 181 g/mol. The van der Waals surface area contributed by atoms with Crippen molar-refractivity contribution in [1.82, 2.24) is 5.32 Å². The number of hydrogen-bond donors (Lipinski definition) is 1. The second-order valence-corrected chi connectivity index (χ2v) is 4.49. The van der Waals surface area contributed by atoms with E-state index in [-0.39, 0.29) is 0 Å². The van der Waals surface area contributed by atoms with Gasteiger partial charge in [-0.05, 0) is 24.8 Å². The Hall–Kier alpha value is -0.300. The quantitative estimate of drug-likeness (QED) is 0.657. The smallest absolute Gasteiger partial charge is 0.0301 e. The number of rotatable bonds is 4. The maximum atomic E-state index is 3.94. The van der Waals surface area contributed by atoms with Gasteiger partial charge < -0.3 is 5.32 Å². The molecule has 13 heavy (non-hydrogen) atoms. The fourth-order valence-corrected chi connectivity index (χ4v) is 2.50. The van der Waals surface area contributed by atoms with Gasteiger partial charge in [-0.25, -0.2) is 0 Å². The maximum Gasteiger partial charge on any atom is 0.0301 e. The molecule has 0 aromatic carbocycles. The minimum absolute atomic E-state index is 0.468. The average Bonchev–Trinajstić information content (AvgIpc) is 2.15. The fraction of sp³-hybridized carbons (Fsp3) is 0.833. The Labute approximate surface area is 82.6 Å². The van der Waals surface area contributed by atoms with E-state index in [9.17, 15) is 0 Å². The molecule has 1 rings (SSSR count). The van der Waals surface area contributed by atoms with Gasteiger partial charge in [-0.15, -0.1) is 6.58 Å². The Bertz CT molecular complexity index is 157. The van der Waals surface area contributed by atoms with Gasteiger partial charge in [0.25, 0.3) is 0 Å². The highest BCUT2D eigenvalue weighted by Gasteiger charge is 2.32. The Balaban J connectivity index is 2.57. The number of likely N-dealkylation sites (N-methyl/N-ethyl adjacent to an activating group) is 1. The van der Waals surface area contributed by atoms with E-state index in [1.54, 1.807) is 0 Å². The molecule has 1 atom stereocenters. The fourth-order valence-electron chi connectivity index (χ4n) is 2.50. The highest BCUT2D eigenvalue weighted by Crippen LogP contribution is 2.38. The van der Waals surface area contributed by atoms with Crippen molar-refractivity contribution in [2.45, 2.75) is 52.0 Å². The van der Waals surface area contributed by atoms with E-state index in [2.05, 4.69) is 31.8 Å². The first kappa shape index (κ1) is 10.8. The van der Waals surface area contributed by atoms with Crippen LogP contribution in [0.3, 0.4) is 0 Å². The van der Waals surface area contributed by atoms with Gasteiger partial charge in [0.1, 0.15) is 0 Å². The standard InChI is InChI=1S/C12H23N/c1-4-11(13-5-2)12(3)9-7-6-8-10-12/h4,11,13H,1,5-10H2,2-3H3. The molecule has 1 nitrogen and oxygen atoms in total. The molecule has 1 aliphatic carbocycles. The summed E-state index contributed by atoms with van der Waals surface area (Å²) >= 11 is 0. The molecule has 0 aromatic heterocycles. The zero-order valence-corrected chi connectivity index (χ0v) is 9.10. The van der Waals surface area contributed by atoms with E-state index in [0.717, 1.165) is 6.54 Å². The minimum Gasteiger partial charge on any atom is -0.310 e. The molecule has 1 unspecified atom stereocenters. The van der Waals surface area contributed by atoms with Crippen molar-refractivity contribution in [3.05, 3.63) is 12.7 Å². The first-order valence-corrected chi connectivity index (χ1v) is 5.59. The summed E-state index contributed by atoms with van der Waals surface area (Å²) in [5.41, 5.74) is 0.468. The molecule has 76 valence electrons. The Morgan fingerprint density at radius 1 is 1.38 bits per heavy atom. The van der Waals surface area contributed by atoms with Crippen molar-refractivity contribution in [3.63, 3.8) is 0 Å². The van der Waals surface area contributed by atoms with Crippen LogP contribution in [0.2, 0.25) is 0 Å². The summed E-state index contributed by atoms with van der Waals surface area (Å²) < 4.78 is 0. The molecule has 0 amide bonds. The molecule has 0 spiro atoms. The predicted molar refractivity (Wildman–Crippen MR) is 58.9 cm³/mol. The lowest BCUT2D eigenvalue weighted by Crippen LogP contribution is -2.43. The zero-order valence-electron chi connectivity index (χ0n) is 9.10. The highest BCUT2D eigenvalue weighted by atomic mass is 14.9. The highest BCUT2D eigenvalue weighted by molar-refractivity contribution is 4.99. The summed E-state index contributed by atoms with van der Waals surface area (Å²) in [4.78, 5) is 0. The van der Waals surface area contributed by atoms with E-state index < -0.39 is 0 Å². The van der Waals surface area contributed by atoms with E-state index in [1.807, 2.05) is 0 Å². The van der Waals surface area contributed by atoms with E-state index in [1.165, 1.54) is 32.1 Å². The molecule has 0 aromatic rings. The van der Waals surface area contributed by atoms with Crippen molar-refractivity contribution in [2.24, 2.45) is 5.41 Å². The van der Waals surface area contributed by atoms with Crippen LogP contribution in [-0.2, 0) is 0 Å². The van der Waals surface area contributed by atoms with Crippen molar-refractivity contribution in [2.75, 3.05) is 6.54 Å². The summed E-state index contributed by atoms with van der Waals surface area (Å²) in [6, 6.07) is 0.512. The van der Waals surface area contributed by atoms with Gasteiger partial charge in [0.2, 0.25) is 0 Å². The molecule has 0 aliphatic heterocycles. The SMILES string of the molecule is C=CC(NCC)C1(C)CCCCC1. The van der Waals surface area contributed by atoms with Gasteiger partial charge in [0.15, 0.2) is 0 Å². The van der Waals surface area contributed by atoms with Crippen LogP contribution in [0.25, 0.3) is 0 Å². The third-order valence-electron chi connectivity index (χ3n) is 3.41. The molecule has 0 saturated heterocycles. The van der Waals surface area contributed by atoms with Crippen LogP contribution in [0.1, 0.15) is 46.0 Å². The van der Waals surface area contributed by atoms with Crippen LogP contribution in [0.5, 0.6) is 0 Å². The van der Waals surface area contributed by atoms with Crippen LogP contribution in [0, 0.1) is 5.41 Å². The predicted octanol–water partition coefficient (Wildman–Crippen LogP) is 3.12. The maximum absolute atomic E-state index is 3.94. The molecule has 1 fully saturated rings. The topological polar surface area (TPSA) is 12.0 Å². The molecular weight excluding hydrogens is 158 g/mol. The summed E-state index contributed by atoms with van der Waals surface area (Å²) in [5.74, 6) is 0. The minimum atomic E-state index is 0.468. The van der Waals surface area contributed by atoms with Gasteiger partial charge in [-0.3, -0.25) is 0 Å². The molecular formula is C12H23N. The van der Waals surface area contributed by atoms with Gasteiger partial charge in [0, 0.05) is 6.04 Å². The molecule has 1 saturated carbocycles. The van der Waals surface area contributed by atoms with Crippen LogP contribution in [0.15, 0.2) is 12.7 Å². The van der Waals surface area contributed by atoms with Gasteiger partial charge in [-0.2, -0.15) is 0 Å². The summed E-state index contributed by atoms with van der Waals surface area (Å²) in [6.45, 7) is 9.56. The first-order chi connectivity index (χ1) is 6.23. The zero-order chi connectivity index (χ0) is 9.73. The van der Waals surface area contributed by atoms with Crippen molar-refractivity contribution in [3.8, 4) is 0 Å². The molecule has 1 N–H and O–H groups in total. The van der Waals surface area contributed by atoms with E-state index in [4.69, 9.17) is 0 Å². The van der Waals surface area contributed by atoms with Crippen molar-refractivity contribution >= 4 is 0 Å². The Kier molecular flexibility index (Phi) is 3.98. The molecule has 1 heteroatoms. The molecule has 0 radical (unpaired) electrons. The molecule has 0 heterocycles. The number of nitrogens with one attached hydrogen (secondary N) is 1. The number of hydrogen-bond acceptors (Lipinski definition) is 1. The van der Waals surface area contributed by atoms with E-state index in [0.29, 0.717) is 11.5 Å². The van der Waals surface area contributed by atoms with Crippen LogP contribution in [0.4, 0.5) is 0 Å². The van der Waals surface area contributed by atoms with Gasteiger partial charge in [0.05, 0.1) is 0 Å². The van der Waals surface area contributed by atoms with Crippen LogP contribution in [-0.4, -0.2) is 12.6 Å². The third-order valence-corrected chi connectivity index (χ3v) is 3.41. The van der Waals surface area contributed by atoms with E-state index >= 15 is 0 Å². The lowest BCUT2D eigenvalue weighted by molar-refractivity contribution is 0.172. The van der Waals surface area contributed by atoms with Gasteiger partial charge >= 0.3 is 0 Å². The van der Waals surface area contributed by atoms with Crippen molar-refractivity contribution < 1.29 is 0 Å². The van der Waals surface area contributed by atoms with Crippen LogP contribution < -0.4 is 5.32 Å². The van der Waals surface area contributed by atoms with Gasteiger partial charge in [-0.1, -0.05) is 39.2 Å². The lowest BCUT2D eigenvalue weighted by Gasteiger charge is -2.39. The molecule has 1 aliphatic rings.